The Morgan fingerprint density at radius 3 is 2.47 bits per heavy atom. The van der Waals surface area contributed by atoms with Gasteiger partial charge in [-0.2, -0.15) is 0 Å². The Hall–Kier alpha value is -1.21. The predicted molar refractivity (Wildman–Crippen MR) is 108 cm³/mol. The number of ether oxygens (including phenoxy) is 1. The first-order valence-corrected chi connectivity index (χ1v) is 11.5. The molecule has 1 aliphatic heterocycles. The fraction of sp³-hybridized carbons (Fsp3) is 0.792. The van der Waals surface area contributed by atoms with Crippen molar-refractivity contribution >= 4 is 0 Å². The zero-order valence-electron chi connectivity index (χ0n) is 17.7. The molecule has 5 unspecified atom stereocenters. The van der Waals surface area contributed by atoms with Gasteiger partial charge in [0.1, 0.15) is 11.7 Å². The highest BCUT2D eigenvalue weighted by Crippen LogP contribution is 2.78. The normalized spacial score (nSPS) is 56.4. The van der Waals surface area contributed by atoms with Crippen LogP contribution in [-0.4, -0.2) is 44.8 Å². The average molecular weight is 417 g/mol. The van der Waals surface area contributed by atoms with Crippen LogP contribution in [0.4, 0.5) is 0 Å². The van der Waals surface area contributed by atoms with Gasteiger partial charge in [-0.05, 0) is 67.4 Å². The maximum atomic E-state index is 11.6. The Morgan fingerprint density at radius 1 is 1.00 bits per heavy atom. The molecule has 3 N–H and O–H groups in total. The molecule has 0 bridgehead atoms. The molecule has 6 heteroatoms. The number of aliphatic hydroxyl groups excluding tert-OH is 2. The van der Waals surface area contributed by atoms with Crippen LogP contribution >= 0.6 is 0 Å². The van der Waals surface area contributed by atoms with E-state index in [0.717, 1.165) is 37.7 Å². The standard InChI is InChI=1S/C24H32O6/c1-21-8-5-14(25)11-23(21,28)10-7-16-15(21)6-9-22(2)18(13-3-4-17(26)29-12-13)19(27)20-24(16,22)30-20/h3-4,12,14-16,18-20,25,27-28H,5-11H2,1-2H3/t14-,15?,16?,18?,19+,20+,21?,22?,23-,24+/m0/s1. The quantitative estimate of drug-likeness (QED) is 0.607. The fourth-order valence-corrected chi connectivity index (χ4v) is 8.81. The molecule has 30 heavy (non-hydrogen) atoms. The maximum absolute atomic E-state index is 11.6. The molecule has 5 aliphatic rings. The summed E-state index contributed by atoms with van der Waals surface area (Å²) in [5, 5.41) is 33.1. The third-order valence-corrected chi connectivity index (χ3v) is 10.3. The summed E-state index contributed by atoms with van der Waals surface area (Å²) in [5.41, 5.74) is -1.17. The lowest BCUT2D eigenvalue weighted by Gasteiger charge is -2.63. The first-order valence-electron chi connectivity index (χ1n) is 11.5. The van der Waals surface area contributed by atoms with Gasteiger partial charge in [0.2, 0.25) is 0 Å². The van der Waals surface area contributed by atoms with Gasteiger partial charge in [0.15, 0.2) is 0 Å². The Bertz CT molecular complexity index is 923. The Labute approximate surface area is 176 Å². The second-order valence-corrected chi connectivity index (χ2v) is 11.2. The third-order valence-electron chi connectivity index (χ3n) is 10.3. The second kappa shape index (κ2) is 5.77. The summed E-state index contributed by atoms with van der Waals surface area (Å²) in [5.74, 6) is 0.488. The average Bonchev–Trinajstić information content (AvgIpc) is 3.41. The summed E-state index contributed by atoms with van der Waals surface area (Å²) in [6.07, 6.45) is 5.74. The number of fused-ring (bicyclic) bond motifs is 3. The van der Waals surface area contributed by atoms with E-state index in [1.165, 1.54) is 12.3 Å². The van der Waals surface area contributed by atoms with E-state index in [0.29, 0.717) is 18.8 Å². The van der Waals surface area contributed by atoms with Gasteiger partial charge in [0.05, 0.1) is 24.1 Å². The van der Waals surface area contributed by atoms with Gasteiger partial charge < -0.3 is 24.5 Å². The fourth-order valence-electron chi connectivity index (χ4n) is 8.81. The SMILES string of the molecule is CC12CC[C@H](O)C[C@@]1(O)CCC1C2CCC2(C)C(c3ccc(=O)oc3)[C@@H](O)[C@H]3O[C@]132. The van der Waals surface area contributed by atoms with E-state index < -0.39 is 17.8 Å². The summed E-state index contributed by atoms with van der Waals surface area (Å²) in [6.45, 7) is 4.46. The maximum Gasteiger partial charge on any atom is 0.335 e. The molecule has 164 valence electrons. The molecule has 1 aromatic rings. The minimum absolute atomic E-state index is 0.122. The van der Waals surface area contributed by atoms with Crippen LogP contribution in [0.5, 0.6) is 0 Å². The highest BCUT2D eigenvalue weighted by atomic mass is 16.6. The molecule has 0 amide bonds. The molecule has 4 saturated carbocycles. The van der Waals surface area contributed by atoms with E-state index >= 15 is 0 Å². The van der Waals surface area contributed by atoms with Gasteiger partial charge >= 0.3 is 5.63 Å². The summed E-state index contributed by atoms with van der Waals surface area (Å²) >= 11 is 0. The van der Waals surface area contributed by atoms with E-state index in [2.05, 4.69) is 13.8 Å². The van der Waals surface area contributed by atoms with Crippen LogP contribution in [0.2, 0.25) is 0 Å². The molecule has 1 saturated heterocycles. The van der Waals surface area contributed by atoms with Crippen molar-refractivity contribution in [1.29, 1.82) is 0 Å². The van der Waals surface area contributed by atoms with E-state index in [4.69, 9.17) is 9.15 Å². The molecule has 1 spiro atoms. The van der Waals surface area contributed by atoms with Crippen molar-refractivity contribution in [1.82, 2.24) is 0 Å². The lowest BCUT2D eigenvalue weighted by atomic mass is 9.42. The van der Waals surface area contributed by atoms with Crippen molar-refractivity contribution in [2.45, 2.75) is 94.2 Å². The van der Waals surface area contributed by atoms with Gasteiger partial charge in [0, 0.05) is 23.8 Å². The van der Waals surface area contributed by atoms with Crippen LogP contribution in [-0.2, 0) is 4.74 Å². The van der Waals surface area contributed by atoms with Crippen molar-refractivity contribution in [2.24, 2.45) is 22.7 Å². The van der Waals surface area contributed by atoms with Gasteiger partial charge in [0.25, 0.3) is 0 Å². The van der Waals surface area contributed by atoms with Crippen LogP contribution in [0.25, 0.3) is 0 Å². The summed E-state index contributed by atoms with van der Waals surface area (Å²) < 4.78 is 11.6. The summed E-state index contributed by atoms with van der Waals surface area (Å²) in [6, 6.07) is 3.22. The molecule has 6 rings (SSSR count). The van der Waals surface area contributed by atoms with E-state index in [9.17, 15) is 20.1 Å². The van der Waals surface area contributed by atoms with E-state index in [1.807, 2.05) is 0 Å². The lowest BCUT2D eigenvalue weighted by Crippen LogP contribution is -2.65. The lowest BCUT2D eigenvalue weighted by molar-refractivity contribution is -0.224. The minimum Gasteiger partial charge on any atom is -0.431 e. The summed E-state index contributed by atoms with van der Waals surface area (Å²) in [7, 11) is 0. The first-order chi connectivity index (χ1) is 14.2. The molecule has 4 aliphatic carbocycles. The molecule has 0 radical (unpaired) electrons. The molecular weight excluding hydrogens is 384 g/mol. The molecule has 1 aromatic heterocycles. The number of rotatable bonds is 1. The van der Waals surface area contributed by atoms with Crippen molar-refractivity contribution in [2.75, 3.05) is 0 Å². The number of hydrogen-bond donors (Lipinski definition) is 3. The van der Waals surface area contributed by atoms with Crippen LogP contribution in [0, 0.1) is 22.7 Å². The van der Waals surface area contributed by atoms with Gasteiger partial charge in [-0.25, -0.2) is 4.79 Å². The topological polar surface area (TPSA) is 103 Å². The predicted octanol–water partition coefficient (Wildman–Crippen LogP) is 2.34. The zero-order chi connectivity index (χ0) is 21.1. The van der Waals surface area contributed by atoms with Gasteiger partial charge in [-0.3, -0.25) is 0 Å². The van der Waals surface area contributed by atoms with Crippen molar-refractivity contribution in [3.63, 3.8) is 0 Å². The monoisotopic (exact) mass is 416 g/mol. The molecule has 5 fully saturated rings. The Morgan fingerprint density at radius 2 is 1.73 bits per heavy atom. The zero-order valence-corrected chi connectivity index (χ0v) is 17.7. The van der Waals surface area contributed by atoms with Crippen molar-refractivity contribution < 1.29 is 24.5 Å². The molecule has 0 aromatic carbocycles. The first kappa shape index (κ1) is 19.5. The van der Waals surface area contributed by atoms with Crippen LogP contribution in [0.3, 0.4) is 0 Å². The van der Waals surface area contributed by atoms with Gasteiger partial charge in [-0.1, -0.05) is 13.8 Å². The van der Waals surface area contributed by atoms with Crippen molar-refractivity contribution in [3.8, 4) is 0 Å². The highest BCUT2D eigenvalue weighted by molar-refractivity contribution is 5.38. The van der Waals surface area contributed by atoms with Crippen molar-refractivity contribution in [3.05, 3.63) is 34.4 Å². The highest BCUT2D eigenvalue weighted by Gasteiger charge is 2.84. The largest absolute Gasteiger partial charge is 0.431 e. The van der Waals surface area contributed by atoms with Crippen LogP contribution < -0.4 is 5.63 Å². The molecule has 10 atom stereocenters. The smallest absolute Gasteiger partial charge is 0.335 e. The molecule has 2 heterocycles. The second-order valence-electron chi connectivity index (χ2n) is 11.2. The summed E-state index contributed by atoms with van der Waals surface area (Å²) in [4.78, 5) is 11.5. The van der Waals surface area contributed by atoms with Crippen LogP contribution in [0.15, 0.2) is 27.6 Å². The number of hydrogen-bond acceptors (Lipinski definition) is 6. The van der Waals surface area contributed by atoms with Crippen LogP contribution in [0.1, 0.15) is 70.3 Å². The molecular formula is C24H32O6. The Balaban J connectivity index is 1.40. The van der Waals surface area contributed by atoms with E-state index in [1.54, 1.807) is 6.07 Å². The van der Waals surface area contributed by atoms with E-state index in [-0.39, 0.29) is 40.0 Å². The minimum atomic E-state index is -0.819. The number of aliphatic hydroxyl groups is 3. The van der Waals surface area contributed by atoms with Gasteiger partial charge in [-0.15, -0.1) is 0 Å². The molecule has 6 nitrogen and oxygen atoms in total. The third kappa shape index (κ3) is 2.07. The Kier molecular flexibility index (Phi) is 3.75. The number of epoxide rings is 1.